The number of nitrogens with zero attached hydrogens (tertiary/aromatic N) is 5. The molecule has 0 bridgehead atoms. The van der Waals surface area contributed by atoms with E-state index in [2.05, 4.69) is 9.97 Å². The van der Waals surface area contributed by atoms with Crippen molar-refractivity contribution in [2.45, 2.75) is 12.8 Å². The van der Waals surface area contributed by atoms with E-state index in [9.17, 15) is 9.18 Å². The number of rotatable bonds is 7. The van der Waals surface area contributed by atoms with Crippen LogP contribution in [-0.4, -0.2) is 30.3 Å². The van der Waals surface area contributed by atoms with Crippen molar-refractivity contribution in [1.29, 1.82) is 0 Å². The largest absolute Gasteiger partial charge is 0.383 e. The number of carbonyl (C=O) groups excluding carboxylic acids is 1. The molecular formula is C31H23FN6O. The van der Waals surface area contributed by atoms with Gasteiger partial charge in [-0.15, -0.1) is 0 Å². The first-order valence-corrected chi connectivity index (χ1v) is 12.4. The fourth-order valence-electron chi connectivity index (χ4n) is 4.62. The van der Waals surface area contributed by atoms with E-state index in [1.54, 1.807) is 36.9 Å². The van der Waals surface area contributed by atoms with Gasteiger partial charge >= 0.3 is 0 Å². The zero-order valence-electron chi connectivity index (χ0n) is 20.8. The highest BCUT2D eigenvalue weighted by molar-refractivity contribution is 5.86. The molecule has 0 fully saturated rings. The summed E-state index contributed by atoms with van der Waals surface area (Å²) in [6.07, 6.45) is 7.38. The van der Waals surface area contributed by atoms with Crippen molar-refractivity contribution < 1.29 is 9.18 Å². The fourth-order valence-corrected chi connectivity index (χ4v) is 4.62. The molecule has 2 aromatic carbocycles. The monoisotopic (exact) mass is 514 g/mol. The summed E-state index contributed by atoms with van der Waals surface area (Å²) in [4.78, 5) is 30.8. The summed E-state index contributed by atoms with van der Waals surface area (Å²) in [5.74, 6) is 0.640. The molecule has 0 aliphatic carbocycles. The maximum atomic E-state index is 13.5. The Kier molecular flexibility index (Phi) is 6.34. The molecule has 6 aromatic rings. The number of halogens is 1. The molecule has 0 amide bonds. The molecule has 0 atom stereocenters. The lowest BCUT2D eigenvalue weighted by molar-refractivity contribution is -0.117. The van der Waals surface area contributed by atoms with Crippen LogP contribution in [0.2, 0.25) is 0 Å². The van der Waals surface area contributed by atoms with Gasteiger partial charge in [0.1, 0.15) is 22.9 Å². The normalized spacial score (nSPS) is 11.1. The number of benzene rings is 2. The second kappa shape index (κ2) is 10.3. The number of nitrogen functional groups attached to an aromatic ring is 1. The van der Waals surface area contributed by atoms with Crippen molar-refractivity contribution in [1.82, 2.24) is 24.5 Å². The Balaban J connectivity index is 1.36. The van der Waals surface area contributed by atoms with Crippen LogP contribution in [0.1, 0.15) is 11.1 Å². The summed E-state index contributed by atoms with van der Waals surface area (Å²) in [5.41, 5.74) is 12.5. The topological polar surface area (TPSA) is 99.6 Å². The summed E-state index contributed by atoms with van der Waals surface area (Å²) in [6, 6.07) is 23.3. The number of ketones is 1. The number of anilines is 1. The maximum Gasteiger partial charge on any atom is 0.164 e. The van der Waals surface area contributed by atoms with Crippen LogP contribution in [0, 0.1) is 5.82 Å². The van der Waals surface area contributed by atoms with E-state index in [-0.39, 0.29) is 24.4 Å². The van der Waals surface area contributed by atoms with Gasteiger partial charge in [0.15, 0.2) is 11.5 Å². The molecule has 0 saturated heterocycles. The molecule has 0 aliphatic heterocycles. The van der Waals surface area contributed by atoms with Crippen LogP contribution in [0.15, 0.2) is 104 Å². The highest BCUT2D eigenvalue weighted by Crippen LogP contribution is 2.32. The Labute approximate surface area is 223 Å². The molecule has 7 nitrogen and oxygen atoms in total. The Morgan fingerprint density at radius 1 is 0.821 bits per heavy atom. The van der Waals surface area contributed by atoms with Crippen LogP contribution in [0.3, 0.4) is 0 Å². The first kappa shape index (κ1) is 24.1. The second-order valence-electron chi connectivity index (χ2n) is 9.20. The quantitative estimate of drug-likeness (QED) is 0.297. The highest BCUT2D eigenvalue weighted by Gasteiger charge is 2.19. The van der Waals surface area contributed by atoms with Gasteiger partial charge in [-0.2, -0.15) is 0 Å². The first-order valence-electron chi connectivity index (χ1n) is 12.4. The van der Waals surface area contributed by atoms with E-state index in [0.29, 0.717) is 33.9 Å². The van der Waals surface area contributed by atoms with E-state index in [0.717, 1.165) is 22.4 Å². The van der Waals surface area contributed by atoms with Crippen LogP contribution >= 0.6 is 0 Å². The maximum absolute atomic E-state index is 13.5. The van der Waals surface area contributed by atoms with Gasteiger partial charge in [-0.1, -0.05) is 30.3 Å². The zero-order valence-corrected chi connectivity index (χ0v) is 20.8. The number of imidazole rings is 1. The van der Waals surface area contributed by atoms with Crippen molar-refractivity contribution >= 4 is 22.8 Å². The van der Waals surface area contributed by atoms with E-state index in [1.807, 2.05) is 59.2 Å². The third-order valence-corrected chi connectivity index (χ3v) is 6.46. The minimum atomic E-state index is -0.344. The SMILES string of the molecule is Nc1ncccc1-c1nc2cc(-c3cccnc3)cnc2n1-c1ccc(CC(=O)Cc2cccc(F)c2)cc1. The molecule has 6 rings (SSSR count). The van der Waals surface area contributed by atoms with Crippen molar-refractivity contribution in [3.05, 3.63) is 121 Å². The average Bonchev–Trinajstić information content (AvgIpc) is 3.33. The summed E-state index contributed by atoms with van der Waals surface area (Å²) in [7, 11) is 0. The third kappa shape index (κ3) is 5.00. The standard InChI is InChI=1S/C31H23FN6O/c32-24-6-1-4-21(14-24)16-26(39)15-20-8-10-25(11-9-20)38-30(27-7-3-13-35-29(27)33)37-28-17-23(19-36-31(28)38)22-5-2-12-34-18-22/h1-14,17-19H,15-16H2,(H2,33,35). The summed E-state index contributed by atoms with van der Waals surface area (Å²) >= 11 is 0. The number of nitrogens with two attached hydrogens (primary N) is 1. The predicted molar refractivity (Wildman–Crippen MR) is 149 cm³/mol. The summed E-state index contributed by atoms with van der Waals surface area (Å²) < 4.78 is 15.4. The minimum absolute atomic E-state index is 0.00912. The molecule has 0 radical (unpaired) electrons. The number of hydrogen-bond acceptors (Lipinski definition) is 6. The molecule has 39 heavy (non-hydrogen) atoms. The first-order chi connectivity index (χ1) is 19.0. The Morgan fingerprint density at radius 3 is 2.41 bits per heavy atom. The third-order valence-electron chi connectivity index (χ3n) is 6.46. The van der Waals surface area contributed by atoms with E-state index >= 15 is 0 Å². The summed E-state index contributed by atoms with van der Waals surface area (Å²) in [6.45, 7) is 0. The lowest BCUT2D eigenvalue weighted by Crippen LogP contribution is -2.07. The Bertz CT molecular complexity index is 1800. The lowest BCUT2D eigenvalue weighted by atomic mass is 10.0. The van der Waals surface area contributed by atoms with Crippen LogP contribution < -0.4 is 5.73 Å². The molecular weight excluding hydrogens is 491 g/mol. The van der Waals surface area contributed by atoms with Gasteiger partial charge in [-0.25, -0.2) is 19.3 Å². The smallest absolute Gasteiger partial charge is 0.164 e. The number of Topliss-reactive ketones (excluding diaryl/α,β-unsaturated/α-hetero) is 1. The number of aromatic nitrogens is 5. The number of pyridine rings is 3. The Morgan fingerprint density at radius 2 is 1.64 bits per heavy atom. The second-order valence-corrected chi connectivity index (χ2v) is 9.20. The van der Waals surface area contributed by atoms with E-state index in [1.165, 1.54) is 12.1 Å². The van der Waals surface area contributed by atoms with E-state index < -0.39 is 0 Å². The fraction of sp³-hybridized carbons (Fsp3) is 0.0645. The van der Waals surface area contributed by atoms with Crippen molar-refractivity contribution in [3.63, 3.8) is 0 Å². The number of fused-ring (bicyclic) bond motifs is 1. The molecule has 8 heteroatoms. The molecule has 0 aliphatic rings. The van der Waals surface area contributed by atoms with Crippen molar-refractivity contribution in [2.75, 3.05) is 5.73 Å². The van der Waals surface area contributed by atoms with Crippen LogP contribution in [-0.2, 0) is 17.6 Å². The van der Waals surface area contributed by atoms with Gasteiger partial charge in [0, 0.05) is 54.4 Å². The molecule has 0 saturated carbocycles. The Hall–Kier alpha value is -5.24. The average molecular weight is 515 g/mol. The van der Waals surface area contributed by atoms with Gasteiger partial charge in [0.05, 0.1) is 5.56 Å². The van der Waals surface area contributed by atoms with E-state index in [4.69, 9.17) is 15.7 Å². The van der Waals surface area contributed by atoms with Gasteiger partial charge in [0.25, 0.3) is 0 Å². The van der Waals surface area contributed by atoms with Gasteiger partial charge in [0.2, 0.25) is 0 Å². The number of hydrogen-bond donors (Lipinski definition) is 1. The van der Waals surface area contributed by atoms with Crippen molar-refractivity contribution in [3.8, 4) is 28.2 Å². The predicted octanol–water partition coefficient (Wildman–Crippen LogP) is 5.62. The molecule has 4 aromatic heterocycles. The number of carbonyl (C=O) groups is 1. The summed E-state index contributed by atoms with van der Waals surface area (Å²) in [5, 5.41) is 0. The molecule has 190 valence electrons. The molecule has 2 N–H and O–H groups in total. The van der Waals surface area contributed by atoms with Gasteiger partial charge in [-0.3, -0.25) is 14.3 Å². The van der Waals surface area contributed by atoms with Crippen LogP contribution in [0.5, 0.6) is 0 Å². The zero-order chi connectivity index (χ0) is 26.8. The minimum Gasteiger partial charge on any atom is -0.383 e. The molecule has 0 spiro atoms. The van der Waals surface area contributed by atoms with Crippen LogP contribution in [0.25, 0.3) is 39.4 Å². The lowest BCUT2D eigenvalue weighted by Gasteiger charge is -2.11. The van der Waals surface area contributed by atoms with Crippen molar-refractivity contribution in [2.24, 2.45) is 0 Å². The molecule has 0 unspecified atom stereocenters. The molecule has 4 heterocycles. The van der Waals surface area contributed by atoms with Gasteiger partial charge < -0.3 is 5.73 Å². The van der Waals surface area contributed by atoms with Crippen LogP contribution in [0.4, 0.5) is 10.2 Å². The highest BCUT2D eigenvalue weighted by atomic mass is 19.1. The van der Waals surface area contributed by atoms with Gasteiger partial charge in [-0.05, 0) is 59.7 Å².